The van der Waals surface area contributed by atoms with Crippen LogP contribution >= 0.6 is 0 Å². The molecule has 19 heavy (non-hydrogen) atoms. The van der Waals surface area contributed by atoms with E-state index in [1.54, 1.807) is 30.3 Å². The van der Waals surface area contributed by atoms with Crippen molar-refractivity contribution in [2.45, 2.75) is 13.1 Å². The smallest absolute Gasteiger partial charge is 0.298 e. The van der Waals surface area contributed by atoms with Crippen molar-refractivity contribution in [3.05, 3.63) is 53.2 Å². The summed E-state index contributed by atoms with van der Waals surface area (Å²) in [6, 6.07) is 9.23. The van der Waals surface area contributed by atoms with E-state index in [1.165, 1.54) is 6.92 Å². The molecule has 98 valence electrons. The van der Waals surface area contributed by atoms with E-state index in [-0.39, 0.29) is 17.7 Å². The van der Waals surface area contributed by atoms with Crippen molar-refractivity contribution >= 4 is 6.29 Å². The van der Waals surface area contributed by atoms with Crippen LogP contribution in [-0.2, 0) is 6.18 Å². The second-order valence-electron chi connectivity index (χ2n) is 4.06. The highest BCUT2D eigenvalue weighted by Crippen LogP contribution is 2.35. The second-order valence-corrected chi connectivity index (χ2v) is 4.06. The molecule has 0 aliphatic heterocycles. The lowest BCUT2D eigenvalue weighted by Crippen LogP contribution is -2.12. The molecule has 0 aliphatic rings. The van der Waals surface area contributed by atoms with Crippen LogP contribution in [0.25, 0.3) is 11.3 Å². The first-order chi connectivity index (χ1) is 8.93. The third kappa shape index (κ3) is 2.65. The molecule has 0 atom stereocenters. The van der Waals surface area contributed by atoms with Crippen molar-refractivity contribution in [3.8, 4) is 11.3 Å². The molecule has 0 spiro atoms. The van der Waals surface area contributed by atoms with Gasteiger partial charge in [-0.05, 0) is 13.0 Å². The van der Waals surface area contributed by atoms with Gasteiger partial charge < -0.3 is 0 Å². The third-order valence-corrected chi connectivity index (χ3v) is 2.66. The fraction of sp³-hybridized carbons (Fsp3) is 0.143. The molecule has 0 saturated heterocycles. The summed E-state index contributed by atoms with van der Waals surface area (Å²) in [4.78, 5) is 15.1. The first kappa shape index (κ1) is 13.3. The van der Waals surface area contributed by atoms with Crippen molar-refractivity contribution in [2.75, 3.05) is 0 Å². The average Bonchev–Trinajstić information content (AvgIpc) is 2.37. The Labute approximate surface area is 107 Å². The van der Waals surface area contributed by atoms with E-state index in [2.05, 4.69) is 4.98 Å². The highest BCUT2D eigenvalue weighted by Gasteiger charge is 2.35. The number of hydrogen-bond donors (Lipinski definition) is 0. The van der Waals surface area contributed by atoms with Crippen LogP contribution in [0.2, 0.25) is 0 Å². The van der Waals surface area contributed by atoms with Crippen LogP contribution in [0, 0.1) is 6.92 Å². The van der Waals surface area contributed by atoms with E-state index >= 15 is 0 Å². The molecule has 2 aromatic rings. The van der Waals surface area contributed by atoms with E-state index in [4.69, 9.17) is 0 Å². The van der Waals surface area contributed by atoms with Crippen molar-refractivity contribution in [1.82, 2.24) is 4.98 Å². The lowest BCUT2D eigenvalue weighted by atomic mass is 10.0. The SMILES string of the molecule is Cc1cc(C(F)(F)F)c(C=O)c(-c2ccccc2)n1. The van der Waals surface area contributed by atoms with Gasteiger partial charge in [-0.2, -0.15) is 13.2 Å². The molecule has 2 nitrogen and oxygen atoms in total. The van der Waals surface area contributed by atoms with Gasteiger partial charge in [0.05, 0.1) is 16.8 Å². The number of rotatable bonds is 2. The lowest BCUT2D eigenvalue weighted by Gasteiger charge is -2.13. The summed E-state index contributed by atoms with van der Waals surface area (Å²) < 4.78 is 38.8. The molecular weight excluding hydrogens is 255 g/mol. The molecule has 0 N–H and O–H groups in total. The Kier molecular flexibility index (Phi) is 3.38. The van der Waals surface area contributed by atoms with Crippen LogP contribution in [-0.4, -0.2) is 11.3 Å². The fourth-order valence-corrected chi connectivity index (χ4v) is 1.85. The quantitative estimate of drug-likeness (QED) is 0.771. The number of hydrogen-bond acceptors (Lipinski definition) is 2. The number of carbonyl (C=O) groups excluding carboxylic acids is 1. The summed E-state index contributed by atoms with van der Waals surface area (Å²) in [5.41, 5.74) is -0.614. The third-order valence-electron chi connectivity index (χ3n) is 2.66. The molecule has 0 fully saturated rings. The molecule has 0 aliphatic carbocycles. The maximum absolute atomic E-state index is 12.9. The summed E-state index contributed by atoms with van der Waals surface area (Å²) in [6.45, 7) is 1.47. The molecule has 0 bridgehead atoms. The summed E-state index contributed by atoms with van der Waals surface area (Å²) in [5.74, 6) is 0. The molecule has 1 aromatic heterocycles. The number of carbonyl (C=O) groups is 1. The first-order valence-corrected chi connectivity index (χ1v) is 5.53. The van der Waals surface area contributed by atoms with Crippen molar-refractivity contribution in [3.63, 3.8) is 0 Å². The zero-order valence-corrected chi connectivity index (χ0v) is 10.0. The number of benzene rings is 1. The molecule has 0 amide bonds. The minimum absolute atomic E-state index is 0.0583. The number of aldehydes is 1. The van der Waals surface area contributed by atoms with Gasteiger partial charge in [0.2, 0.25) is 0 Å². The van der Waals surface area contributed by atoms with E-state index < -0.39 is 17.3 Å². The number of alkyl halides is 3. The Hall–Kier alpha value is -2.17. The van der Waals surface area contributed by atoms with E-state index in [0.29, 0.717) is 5.56 Å². The Morgan fingerprint density at radius 2 is 1.79 bits per heavy atom. The largest absolute Gasteiger partial charge is 0.417 e. The molecule has 1 aromatic carbocycles. The van der Waals surface area contributed by atoms with Gasteiger partial charge in [-0.1, -0.05) is 30.3 Å². The van der Waals surface area contributed by atoms with Gasteiger partial charge in [-0.3, -0.25) is 9.78 Å². The van der Waals surface area contributed by atoms with Gasteiger partial charge >= 0.3 is 6.18 Å². The van der Waals surface area contributed by atoms with Crippen LogP contribution in [0.5, 0.6) is 0 Å². The Balaban J connectivity index is 2.75. The summed E-state index contributed by atoms with van der Waals surface area (Å²) in [7, 11) is 0. The highest BCUT2D eigenvalue weighted by atomic mass is 19.4. The Bertz CT molecular complexity index is 606. The molecule has 5 heteroatoms. The van der Waals surface area contributed by atoms with Crippen molar-refractivity contribution < 1.29 is 18.0 Å². The number of halogens is 3. The van der Waals surface area contributed by atoms with Crippen LogP contribution in [0.15, 0.2) is 36.4 Å². The van der Waals surface area contributed by atoms with Gasteiger partial charge in [-0.15, -0.1) is 0 Å². The molecule has 2 rings (SSSR count). The number of pyridine rings is 1. The Morgan fingerprint density at radius 1 is 1.16 bits per heavy atom. The van der Waals surface area contributed by atoms with Gasteiger partial charge in [0.1, 0.15) is 0 Å². The normalized spacial score (nSPS) is 11.4. The van der Waals surface area contributed by atoms with E-state index in [9.17, 15) is 18.0 Å². The minimum Gasteiger partial charge on any atom is -0.298 e. The van der Waals surface area contributed by atoms with Crippen molar-refractivity contribution in [1.29, 1.82) is 0 Å². The predicted octanol–water partition coefficient (Wildman–Crippen LogP) is 3.89. The standard InChI is InChI=1S/C14H10F3NO/c1-9-7-12(14(15,16)17)11(8-19)13(18-9)10-5-3-2-4-6-10/h2-8H,1H3. The van der Waals surface area contributed by atoms with Gasteiger partial charge in [0, 0.05) is 11.3 Å². The molecular formula is C14H10F3NO. The molecule has 1 heterocycles. The summed E-state index contributed by atoms with van der Waals surface area (Å²) in [5, 5.41) is 0. The monoisotopic (exact) mass is 265 g/mol. The maximum Gasteiger partial charge on any atom is 0.417 e. The Morgan fingerprint density at radius 3 is 2.32 bits per heavy atom. The molecule has 0 radical (unpaired) electrons. The van der Waals surface area contributed by atoms with Gasteiger partial charge in [0.25, 0.3) is 0 Å². The number of aromatic nitrogens is 1. The topological polar surface area (TPSA) is 30.0 Å². The van der Waals surface area contributed by atoms with Gasteiger partial charge in [-0.25, -0.2) is 0 Å². The summed E-state index contributed by atoms with van der Waals surface area (Å²) >= 11 is 0. The minimum atomic E-state index is -4.58. The zero-order chi connectivity index (χ0) is 14.0. The fourth-order valence-electron chi connectivity index (χ4n) is 1.85. The lowest BCUT2D eigenvalue weighted by molar-refractivity contribution is -0.137. The molecule has 0 unspecified atom stereocenters. The second kappa shape index (κ2) is 4.84. The average molecular weight is 265 g/mol. The predicted molar refractivity (Wildman–Crippen MR) is 64.8 cm³/mol. The molecule has 0 saturated carbocycles. The highest BCUT2D eigenvalue weighted by molar-refractivity contribution is 5.88. The van der Waals surface area contributed by atoms with Crippen LogP contribution in [0.1, 0.15) is 21.6 Å². The first-order valence-electron chi connectivity index (χ1n) is 5.53. The van der Waals surface area contributed by atoms with E-state index in [0.717, 1.165) is 6.07 Å². The van der Waals surface area contributed by atoms with Crippen LogP contribution < -0.4 is 0 Å². The summed E-state index contributed by atoms with van der Waals surface area (Å²) in [6.07, 6.45) is -4.37. The van der Waals surface area contributed by atoms with Crippen molar-refractivity contribution in [2.24, 2.45) is 0 Å². The van der Waals surface area contributed by atoms with Gasteiger partial charge in [0.15, 0.2) is 6.29 Å². The van der Waals surface area contributed by atoms with E-state index in [1.807, 2.05) is 0 Å². The van der Waals surface area contributed by atoms with Crippen LogP contribution in [0.3, 0.4) is 0 Å². The van der Waals surface area contributed by atoms with Crippen LogP contribution in [0.4, 0.5) is 13.2 Å². The zero-order valence-electron chi connectivity index (χ0n) is 10.0. The number of aryl methyl sites for hydroxylation is 1. The maximum atomic E-state index is 12.9. The number of nitrogens with zero attached hydrogens (tertiary/aromatic N) is 1.